The Labute approximate surface area is 137 Å². The molecule has 2 aromatic rings. The molecule has 0 aliphatic heterocycles. The number of nitro groups is 1. The Morgan fingerprint density at radius 1 is 1.26 bits per heavy atom. The van der Waals surface area contributed by atoms with E-state index in [0.717, 1.165) is 0 Å². The predicted octanol–water partition coefficient (Wildman–Crippen LogP) is 2.82. The van der Waals surface area contributed by atoms with Gasteiger partial charge in [-0.15, -0.1) is 0 Å². The molecule has 2 aromatic carbocycles. The minimum Gasteiger partial charge on any atom is -0.388 e. The third kappa shape index (κ3) is 4.94. The summed E-state index contributed by atoms with van der Waals surface area (Å²) in [7, 11) is 0. The van der Waals surface area contributed by atoms with Crippen molar-refractivity contribution in [2.24, 2.45) is 0 Å². The quantitative estimate of drug-likeness (QED) is 0.556. The average molecular weight is 336 g/mol. The second kappa shape index (κ2) is 7.57. The van der Waals surface area contributed by atoms with Crippen molar-refractivity contribution >= 4 is 28.9 Å². The van der Waals surface area contributed by atoms with Crippen molar-refractivity contribution in [1.82, 2.24) is 5.43 Å². The maximum absolute atomic E-state index is 11.8. The van der Waals surface area contributed by atoms with Gasteiger partial charge in [0.25, 0.3) is 5.69 Å². The Morgan fingerprint density at radius 3 is 2.61 bits per heavy atom. The van der Waals surface area contributed by atoms with Crippen molar-refractivity contribution in [1.29, 1.82) is 0 Å². The Morgan fingerprint density at radius 2 is 1.96 bits per heavy atom. The predicted molar refractivity (Wildman–Crippen MR) is 85.9 cm³/mol. The molecule has 0 saturated heterocycles. The van der Waals surface area contributed by atoms with Crippen LogP contribution in [0.3, 0.4) is 0 Å². The van der Waals surface area contributed by atoms with Gasteiger partial charge in [-0.25, -0.2) is 0 Å². The number of aliphatic hydroxyl groups excluding tert-OH is 1. The minimum atomic E-state index is -0.973. The molecule has 2 rings (SSSR count). The standard InChI is InChI=1S/C15H14ClN3O4/c16-11-6-4-10(5-7-11)14(20)9-15(21)18-17-12-2-1-3-13(8-12)19(22)23/h1-8,14,17,20H,9H2,(H,18,21). The number of hydrazine groups is 1. The summed E-state index contributed by atoms with van der Waals surface area (Å²) < 4.78 is 0. The highest BCUT2D eigenvalue weighted by Gasteiger charge is 2.13. The number of nitro benzene ring substituents is 1. The van der Waals surface area contributed by atoms with Crippen molar-refractivity contribution < 1.29 is 14.8 Å². The molecule has 1 amide bonds. The third-order valence-electron chi connectivity index (χ3n) is 3.04. The lowest BCUT2D eigenvalue weighted by Gasteiger charge is -2.12. The van der Waals surface area contributed by atoms with Crippen molar-refractivity contribution in [2.45, 2.75) is 12.5 Å². The maximum Gasteiger partial charge on any atom is 0.271 e. The molecule has 8 heteroatoms. The molecule has 0 fully saturated rings. The lowest BCUT2D eigenvalue weighted by atomic mass is 10.1. The van der Waals surface area contributed by atoms with E-state index >= 15 is 0 Å². The molecule has 3 N–H and O–H groups in total. The van der Waals surface area contributed by atoms with Crippen LogP contribution in [0.5, 0.6) is 0 Å². The number of amides is 1. The van der Waals surface area contributed by atoms with E-state index in [1.807, 2.05) is 0 Å². The first-order chi connectivity index (χ1) is 11.0. The summed E-state index contributed by atoms with van der Waals surface area (Å²) in [5.41, 5.74) is 5.80. The summed E-state index contributed by atoms with van der Waals surface area (Å²) >= 11 is 5.76. The molecule has 0 radical (unpaired) electrons. The van der Waals surface area contributed by atoms with Gasteiger partial charge in [0.15, 0.2) is 0 Å². The average Bonchev–Trinajstić information content (AvgIpc) is 2.53. The summed E-state index contributed by atoms with van der Waals surface area (Å²) in [5.74, 6) is -0.459. The monoisotopic (exact) mass is 335 g/mol. The summed E-state index contributed by atoms with van der Waals surface area (Å²) in [6, 6.07) is 12.2. The highest BCUT2D eigenvalue weighted by molar-refractivity contribution is 6.30. The van der Waals surface area contributed by atoms with Gasteiger partial charge in [0, 0.05) is 17.2 Å². The second-order valence-corrected chi connectivity index (χ2v) is 5.19. The SMILES string of the molecule is O=C(CC(O)c1ccc(Cl)cc1)NNc1cccc([N+](=O)[O-])c1. The van der Waals surface area contributed by atoms with Gasteiger partial charge in [-0.2, -0.15) is 0 Å². The Bertz CT molecular complexity index is 706. The van der Waals surface area contributed by atoms with E-state index in [-0.39, 0.29) is 12.1 Å². The topological polar surface area (TPSA) is 104 Å². The lowest BCUT2D eigenvalue weighted by Crippen LogP contribution is -2.30. The van der Waals surface area contributed by atoms with Gasteiger partial charge in [0.1, 0.15) is 0 Å². The minimum absolute atomic E-state index is 0.0922. The molecule has 1 unspecified atom stereocenters. The molecule has 0 aliphatic rings. The number of non-ortho nitro benzene ring substituents is 1. The van der Waals surface area contributed by atoms with Crippen molar-refractivity contribution in [3.63, 3.8) is 0 Å². The fourth-order valence-electron chi connectivity index (χ4n) is 1.87. The zero-order valence-corrected chi connectivity index (χ0v) is 12.7. The normalized spacial score (nSPS) is 11.6. The Kier molecular flexibility index (Phi) is 5.51. The Hall–Kier alpha value is -2.64. The van der Waals surface area contributed by atoms with E-state index in [1.54, 1.807) is 30.3 Å². The first kappa shape index (κ1) is 16.7. The molecule has 1 atom stereocenters. The van der Waals surface area contributed by atoms with Crippen LogP contribution in [0.15, 0.2) is 48.5 Å². The van der Waals surface area contributed by atoms with Crippen LogP contribution in [0, 0.1) is 10.1 Å². The van der Waals surface area contributed by atoms with E-state index in [1.165, 1.54) is 18.2 Å². The third-order valence-corrected chi connectivity index (χ3v) is 3.29. The van der Waals surface area contributed by atoms with Crippen molar-refractivity contribution in [3.8, 4) is 0 Å². The van der Waals surface area contributed by atoms with E-state index in [0.29, 0.717) is 16.3 Å². The van der Waals surface area contributed by atoms with E-state index < -0.39 is 16.9 Å². The number of carbonyl (C=O) groups excluding carboxylic acids is 1. The molecule has 0 aromatic heterocycles. The summed E-state index contributed by atoms with van der Waals surface area (Å²) in [4.78, 5) is 21.9. The van der Waals surface area contributed by atoms with Gasteiger partial charge >= 0.3 is 0 Å². The molecule has 0 saturated carbocycles. The highest BCUT2D eigenvalue weighted by atomic mass is 35.5. The highest BCUT2D eigenvalue weighted by Crippen LogP contribution is 2.19. The molecule has 7 nitrogen and oxygen atoms in total. The van der Waals surface area contributed by atoms with Crippen LogP contribution in [0.2, 0.25) is 5.02 Å². The van der Waals surface area contributed by atoms with E-state index in [9.17, 15) is 20.0 Å². The number of nitrogens with one attached hydrogen (secondary N) is 2. The molecular formula is C15H14ClN3O4. The zero-order valence-electron chi connectivity index (χ0n) is 11.9. The summed E-state index contributed by atoms with van der Waals surface area (Å²) in [6.07, 6.45) is -1.14. The van der Waals surface area contributed by atoms with Crippen LogP contribution in [-0.2, 0) is 4.79 Å². The maximum atomic E-state index is 11.8. The number of nitrogens with zero attached hydrogens (tertiary/aromatic N) is 1. The smallest absolute Gasteiger partial charge is 0.271 e. The first-order valence-electron chi connectivity index (χ1n) is 6.68. The molecule has 23 heavy (non-hydrogen) atoms. The van der Waals surface area contributed by atoms with Crippen LogP contribution in [0.25, 0.3) is 0 Å². The number of hydrogen-bond acceptors (Lipinski definition) is 5. The van der Waals surface area contributed by atoms with Crippen LogP contribution in [-0.4, -0.2) is 15.9 Å². The van der Waals surface area contributed by atoms with Gasteiger partial charge in [-0.05, 0) is 23.8 Å². The van der Waals surface area contributed by atoms with E-state index in [2.05, 4.69) is 10.9 Å². The fourth-order valence-corrected chi connectivity index (χ4v) is 1.99. The number of benzene rings is 2. The molecule has 0 bridgehead atoms. The first-order valence-corrected chi connectivity index (χ1v) is 7.06. The van der Waals surface area contributed by atoms with Gasteiger partial charge in [-0.3, -0.25) is 25.8 Å². The Balaban J connectivity index is 1.88. The summed E-state index contributed by atoms with van der Waals surface area (Å²) in [6.45, 7) is 0. The van der Waals surface area contributed by atoms with Crippen LogP contribution < -0.4 is 10.9 Å². The largest absolute Gasteiger partial charge is 0.388 e. The van der Waals surface area contributed by atoms with Crippen LogP contribution in [0.1, 0.15) is 18.1 Å². The fraction of sp³-hybridized carbons (Fsp3) is 0.133. The van der Waals surface area contributed by atoms with Crippen molar-refractivity contribution in [3.05, 3.63) is 69.2 Å². The number of anilines is 1. The van der Waals surface area contributed by atoms with E-state index in [4.69, 9.17) is 11.6 Å². The van der Waals surface area contributed by atoms with Crippen LogP contribution in [0.4, 0.5) is 11.4 Å². The number of carbonyl (C=O) groups is 1. The second-order valence-electron chi connectivity index (χ2n) is 4.75. The summed E-state index contributed by atoms with van der Waals surface area (Å²) in [5, 5.41) is 21.2. The van der Waals surface area contributed by atoms with Gasteiger partial charge in [-0.1, -0.05) is 29.8 Å². The molecule has 0 heterocycles. The molecule has 0 spiro atoms. The lowest BCUT2D eigenvalue weighted by molar-refractivity contribution is -0.384. The number of halogens is 1. The van der Waals surface area contributed by atoms with Gasteiger partial charge in [0.05, 0.1) is 23.1 Å². The van der Waals surface area contributed by atoms with Crippen molar-refractivity contribution in [2.75, 3.05) is 5.43 Å². The zero-order chi connectivity index (χ0) is 16.8. The molecule has 120 valence electrons. The number of rotatable bonds is 6. The van der Waals surface area contributed by atoms with Gasteiger partial charge < -0.3 is 5.11 Å². The number of aliphatic hydroxyl groups is 1. The number of hydrogen-bond donors (Lipinski definition) is 3. The molecule has 0 aliphatic carbocycles. The van der Waals surface area contributed by atoms with Gasteiger partial charge in [0.2, 0.25) is 5.91 Å². The molecular weight excluding hydrogens is 322 g/mol. The van der Waals surface area contributed by atoms with Crippen LogP contribution >= 0.6 is 11.6 Å².